The molecule has 0 atom stereocenters. The molecule has 1 fully saturated rings. The third-order valence-corrected chi connectivity index (χ3v) is 4.95. The molecule has 1 aromatic carbocycles. The number of carbonyl (C=O) groups excluding carboxylic acids is 1. The first-order valence-corrected chi connectivity index (χ1v) is 8.76. The predicted molar refractivity (Wildman–Crippen MR) is 95.2 cm³/mol. The molecule has 0 aliphatic heterocycles. The molecule has 1 aliphatic rings. The smallest absolute Gasteiger partial charge is 0.407 e. The van der Waals surface area contributed by atoms with Crippen LogP contribution < -0.4 is 0 Å². The number of Topliss-reactive ketones (excluding diaryl/α,β-unsaturated/α-hetero) is 1. The van der Waals surface area contributed by atoms with Crippen LogP contribution in [0.1, 0.15) is 44.1 Å². The topological polar surface area (TPSA) is 57.6 Å². The van der Waals surface area contributed by atoms with Gasteiger partial charge < -0.3 is 10.0 Å². The Morgan fingerprint density at radius 1 is 1.21 bits per heavy atom. The summed E-state index contributed by atoms with van der Waals surface area (Å²) < 4.78 is 0. The first-order chi connectivity index (χ1) is 11.5. The standard InChI is InChI=1S/C19H24ClNO3/c1-2-3-4-18(22)15-7-11-17(12-8-15)21(19(23)24)13-14-5-9-16(20)10-6-14/h2,5-6,9-10,15,17H,1,3-4,7-8,11-13H2,(H,23,24). The van der Waals surface area contributed by atoms with Crippen LogP contribution in [0.15, 0.2) is 36.9 Å². The van der Waals surface area contributed by atoms with Gasteiger partial charge in [0.05, 0.1) is 0 Å². The van der Waals surface area contributed by atoms with Crippen molar-refractivity contribution in [3.05, 3.63) is 47.5 Å². The van der Waals surface area contributed by atoms with E-state index in [4.69, 9.17) is 11.6 Å². The second-order valence-corrected chi connectivity index (χ2v) is 6.77. The summed E-state index contributed by atoms with van der Waals surface area (Å²) in [5.74, 6) is 0.361. The molecular formula is C19H24ClNO3. The van der Waals surface area contributed by atoms with E-state index in [1.807, 2.05) is 12.1 Å². The number of hydrogen-bond donors (Lipinski definition) is 1. The molecule has 130 valence electrons. The largest absolute Gasteiger partial charge is 0.465 e. The second kappa shape index (κ2) is 8.88. The van der Waals surface area contributed by atoms with Gasteiger partial charge in [-0.05, 0) is 49.8 Å². The fourth-order valence-electron chi connectivity index (χ4n) is 3.30. The number of allylic oxidation sites excluding steroid dienone is 1. The van der Waals surface area contributed by atoms with E-state index < -0.39 is 6.09 Å². The lowest BCUT2D eigenvalue weighted by molar-refractivity contribution is -0.124. The van der Waals surface area contributed by atoms with Gasteiger partial charge in [-0.3, -0.25) is 4.79 Å². The summed E-state index contributed by atoms with van der Waals surface area (Å²) in [6, 6.07) is 7.21. The van der Waals surface area contributed by atoms with Crippen LogP contribution in [-0.2, 0) is 11.3 Å². The van der Waals surface area contributed by atoms with Crippen molar-refractivity contribution in [2.45, 2.75) is 51.1 Å². The second-order valence-electron chi connectivity index (χ2n) is 6.34. The van der Waals surface area contributed by atoms with Crippen LogP contribution in [0.2, 0.25) is 5.02 Å². The van der Waals surface area contributed by atoms with Gasteiger partial charge in [0.1, 0.15) is 5.78 Å². The van der Waals surface area contributed by atoms with Gasteiger partial charge in [-0.25, -0.2) is 4.79 Å². The summed E-state index contributed by atoms with van der Waals surface area (Å²) in [7, 11) is 0. The Bertz CT molecular complexity index is 577. The average molecular weight is 350 g/mol. The minimum absolute atomic E-state index is 0.0263. The Labute approximate surface area is 148 Å². The van der Waals surface area contributed by atoms with Crippen molar-refractivity contribution in [3.8, 4) is 0 Å². The zero-order valence-electron chi connectivity index (χ0n) is 13.8. The molecular weight excluding hydrogens is 326 g/mol. The number of amides is 1. The zero-order valence-corrected chi connectivity index (χ0v) is 14.5. The molecule has 2 rings (SSSR count). The van der Waals surface area contributed by atoms with E-state index in [2.05, 4.69) is 6.58 Å². The van der Waals surface area contributed by atoms with Gasteiger partial charge in [-0.2, -0.15) is 0 Å². The van der Waals surface area contributed by atoms with Crippen LogP contribution >= 0.6 is 11.6 Å². The molecule has 1 saturated carbocycles. The molecule has 24 heavy (non-hydrogen) atoms. The van der Waals surface area contributed by atoms with Crippen molar-refractivity contribution >= 4 is 23.5 Å². The quantitative estimate of drug-likeness (QED) is 0.711. The Morgan fingerprint density at radius 3 is 2.38 bits per heavy atom. The Balaban J connectivity index is 1.93. The highest BCUT2D eigenvalue weighted by molar-refractivity contribution is 6.30. The molecule has 1 aliphatic carbocycles. The van der Waals surface area contributed by atoms with Gasteiger partial charge in [-0.1, -0.05) is 29.8 Å². The van der Waals surface area contributed by atoms with E-state index in [-0.39, 0.29) is 17.7 Å². The summed E-state index contributed by atoms with van der Waals surface area (Å²) in [6.45, 7) is 4.00. The van der Waals surface area contributed by atoms with Crippen molar-refractivity contribution in [3.63, 3.8) is 0 Å². The lowest BCUT2D eigenvalue weighted by Gasteiger charge is -2.35. The van der Waals surface area contributed by atoms with Gasteiger partial charge in [0, 0.05) is 29.9 Å². The van der Waals surface area contributed by atoms with E-state index in [1.54, 1.807) is 18.2 Å². The first kappa shape index (κ1) is 18.5. The minimum atomic E-state index is -0.911. The number of halogens is 1. The molecule has 1 amide bonds. The highest BCUT2D eigenvalue weighted by Crippen LogP contribution is 2.30. The van der Waals surface area contributed by atoms with Crippen LogP contribution in [0.3, 0.4) is 0 Å². The average Bonchev–Trinajstić information content (AvgIpc) is 2.59. The summed E-state index contributed by atoms with van der Waals surface area (Å²) in [4.78, 5) is 25.2. The maximum atomic E-state index is 12.1. The molecule has 5 heteroatoms. The van der Waals surface area contributed by atoms with Crippen molar-refractivity contribution in [1.29, 1.82) is 0 Å². The van der Waals surface area contributed by atoms with Crippen LogP contribution in [0.4, 0.5) is 4.79 Å². The Morgan fingerprint density at radius 2 is 1.83 bits per heavy atom. The number of rotatable bonds is 7. The number of hydrogen-bond acceptors (Lipinski definition) is 2. The van der Waals surface area contributed by atoms with E-state index in [9.17, 15) is 14.7 Å². The zero-order chi connectivity index (χ0) is 17.5. The fourth-order valence-corrected chi connectivity index (χ4v) is 3.42. The third-order valence-electron chi connectivity index (χ3n) is 4.70. The summed E-state index contributed by atoms with van der Waals surface area (Å²) in [5.41, 5.74) is 0.922. The maximum absolute atomic E-state index is 12.1. The number of carbonyl (C=O) groups is 2. The molecule has 0 spiro atoms. The SMILES string of the molecule is C=CCCC(=O)C1CCC(N(Cc2ccc(Cl)cc2)C(=O)O)CC1. The monoisotopic (exact) mass is 349 g/mol. The molecule has 0 radical (unpaired) electrons. The number of ketones is 1. The number of benzene rings is 1. The van der Waals surface area contributed by atoms with Crippen molar-refractivity contribution in [1.82, 2.24) is 4.90 Å². The maximum Gasteiger partial charge on any atom is 0.407 e. The van der Waals surface area contributed by atoms with E-state index in [1.165, 1.54) is 4.90 Å². The number of nitrogens with zero attached hydrogens (tertiary/aromatic N) is 1. The fraction of sp³-hybridized carbons (Fsp3) is 0.474. The van der Waals surface area contributed by atoms with Crippen molar-refractivity contribution in [2.24, 2.45) is 5.92 Å². The summed E-state index contributed by atoms with van der Waals surface area (Å²) in [5, 5.41) is 10.2. The lowest BCUT2D eigenvalue weighted by Crippen LogP contribution is -2.41. The van der Waals surface area contributed by atoms with Crippen molar-refractivity contribution in [2.75, 3.05) is 0 Å². The number of carboxylic acid groups (broad SMARTS) is 1. The predicted octanol–water partition coefficient (Wildman–Crippen LogP) is 4.91. The minimum Gasteiger partial charge on any atom is -0.465 e. The molecule has 4 nitrogen and oxygen atoms in total. The lowest BCUT2D eigenvalue weighted by atomic mass is 9.81. The highest BCUT2D eigenvalue weighted by atomic mass is 35.5. The van der Waals surface area contributed by atoms with Gasteiger partial charge in [-0.15, -0.1) is 6.58 Å². The van der Waals surface area contributed by atoms with Gasteiger partial charge in [0.25, 0.3) is 0 Å². The molecule has 0 bridgehead atoms. The molecule has 1 aromatic rings. The molecule has 0 saturated heterocycles. The van der Waals surface area contributed by atoms with E-state index >= 15 is 0 Å². The summed E-state index contributed by atoms with van der Waals surface area (Å²) >= 11 is 5.87. The van der Waals surface area contributed by atoms with Crippen LogP contribution in [0, 0.1) is 5.92 Å². The normalized spacial score (nSPS) is 20.4. The van der Waals surface area contributed by atoms with Gasteiger partial charge >= 0.3 is 6.09 Å². The van der Waals surface area contributed by atoms with E-state index in [0.717, 1.165) is 37.7 Å². The Kier molecular flexibility index (Phi) is 6.85. The molecule has 0 aromatic heterocycles. The van der Waals surface area contributed by atoms with Crippen molar-refractivity contribution < 1.29 is 14.7 Å². The summed E-state index contributed by atoms with van der Waals surface area (Å²) in [6.07, 6.45) is 5.14. The molecule has 0 heterocycles. The first-order valence-electron chi connectivity index (χ1n) is 8.39. The van der Waals surface area contributed by atoms with Crippen LogP contribution in [-0.4, -0.2) is 27.9 Å². The molecule has 0 unspecified atom stereocenters. The third kappa shape index (κ3) is 5.10. The van der Waals surface area contributed by atoms with E-state index in [0.29, 0.717) is 18.0 Å². The van der Waals surface area contributed by atoms with Gasteiger partial charge in [0.15, 0.2) is 0 Å². The highest BCUT2D eigenvalue weighted by Gasteiger charge is 2.31. The van der Waals surface area contributed by atoms with Gasteiger partial charge in [0.2, 0.25) is 0 Å². The molecule has 1 N–H and O–H groups in total. The van der Waals surface area contributed by atoms with Crippen LogP contribution in [0.25, 0.3) is 0 Å². The Hall–Kier alpha value is -1.81. The van der Waals surface area contributed by atoms with Crippen LogP contribution in [0.5, 0.6) is 0 Å².